The van der Waals surface area contributed by atoms with Crippen LogP contribution in [0, 0.1) is 0 Å². The molecule has 2 N–H and O–H groups in total. The number of nitrogens with one attached hydrogen (secondary N) is 2. The highest BCUT2D eigenvalue weighted by Gasteiger charge is 2.05. The molecule has 94 valence electrons. The van der Waals surface area contributed by atoms with Crippen LogP contribution in [0.1, 0.15) is 0 Å². The molecular weight excluding hydrogens is 256 g/mol. The van der Waals surface area contributed by atoms with Crippen molar-refractivity contribution in [3.05, 3.63) is 59.7 Å². The zero-order chi connectivity index (χ0) is 12.9. The van der Waals surface area contributed by atoms with Crippen molar-refractivity contribution >= 4 is 22.4 Å². The average molecular weight is 268 g/mol. The Labute approximate surface area is 114 Å². The molecule has 0 amide bonds. The number of aromatic amines is 2. The van der Waals surface area contributed by atoms with Crippen molar-refractivity contribution in [2.24, 2.45) is 0 Å². The monoisotopic (exact) mass is 268 g/mol. The molecule has 0 atom stereocenters. The first-order valence-electron chi connectivity index (χ1n) is 5.84. The van der Waals surface area contributed by atoms with Gasteiger partial charge in [0.1, 0.15) is 5.69 Å². The minimum Gasteiger partial charge on any atom is -0.368 e. The predicted octanol–water partition coefficient (Wildman–Crippen LogP) is 3.70. The van der Waals surface area contributed by atoms with E-state index in [4.69, 9.17) is 0 Å². The van der Waals surface area contributed by atoms with Gasteiger partial charge >= 0.3 is 0 Å². The lowest BCUT2D eigenvalue weighted by atomic mass is 10.3. The Bertz CT molecular complexity index is 676. The maximum Gasteiger partial charge on any atom is 0.158 e. The molecular formula is C14H12N4S. The normalized spacial score (nSPS) is 10.1. The molecule has 0 aliphatic heterocycles. The number of H-pyrrole nitrogens is 2. The van der Waals surface area contributed by atoms with Gasteiger partial charge in [-0.05, 0) is 24.3 Å². The first-order valence-corrected chi connectivity index (χ1v) is 6.79. The lowest BCUT2D eigenvalue weighted by molar-refractivity contribution is 1.27. The van der Waals surface area contributed by atoms with E-state index in [1.165, 1.54) is 0 Å². The van der Waals surface area contributed by atoms with Gasteiger partial charge in [0.25, 0.3) is 0 Å². The topological polar surface area (TPSA) is 57.4 Å². The molecule has 0 aliphatic carbocycles. The number of para-hydroxylation sites is 2. The highest BCUT2D eigenvalue weighted by atomic mass is 32.1. The summed E-state index contributed by atoms with van der Waals surface area (Å²) in [7, 11) is 0. The van der Waals surface area contributed by atoms with Crippen LogP contribution < -0.4 is 0 Å². The summed E-state index contributed by atoms with van der Waals surface area (Å²) < 4.78 is 0. The predicted molar refractivity (Wildman–Crippen MR) is 78.0 cm³/mol. The van der Waals surface area contributed by atoms with Gasteiger partial charge in [-0.2, -0.15) is 0 Å². The second-order valence-corrected chi connectivity index (χ2v) is 4.58. The van der Waals surface area contributed by atoms with Gasteiger partial charge in [0, 0.05) is 17.8 Å². The summed E-state index contributed by atoms with van der Waals surface area (Å²) in [5.41, 5.74) is 4.75. The van der Waals surface area contributed by atoms with Crippen LogP contribution in [0.4, 0.5) is 0 Å². The molecule has 0 saturated carbocycles. The highest BCUT2D eigenvalue weighted by molar-refractivity contribution is 7.07. The highest BCUT2D eigenvalue weighted by Crippen LogP contribution is 2.19. The third-order valence-electron chi connectivity index (χ3n) is 2.56. The van der Waals surface area contributed by atoms with Gasteiger partial charge in [-0.15, -0.1) is 11.3 Å². The zero-order valence-electron chi connectivity index (χ0n) is 10.1. The Morgan fingerprint density at radius 1 is 1.00 bits per heavy atom. The summed E-state index contributed by atoms with van der Waals surface area (Å²) >= 11 is 1.57. The molecule has 0 fully saturated rings. The van der Waals surface area contributed by atoms with Gasteiger partial charge in [-0.3, -0.25) is 0 Å². The fourth-order valence-corrected chi connectivity index (χ4v) is 2.22. The van der Waals surface area contributed by atoms with E-state index < -0.39 is 0 Å². The Morgan fingerprint density at radius 3 is 2.47 bits per heavy atom. The molecule has 3 heterocycles. The van der Waals surface area contributed by atoms with E-state index >= 15 is 0 Å². The van der Waals surface area contributed by atoms with E-state index in [0.717, 1.165) is 22.6 Å². The number of imidazole rings is 1. The third-order valence-corrected chi connectivity index (χ3v) is 3.15. The van der Waals surface area contributed by atoms with Crippen molar-refractivity contribution < 1.29 is 0 Å². The molecule has 19 heavy (non-hydrogen) atoms. The minimum atomic E-state index is 0.840. The molecule has 4 rings (SSSR count). The standard InChI is InChI=1S/C10H7N3S.C4H5N/c1-2-4-8-7(3-1)12-10(13-8)9-5-14-6-11-9;1-2-4-5-3-1/h1-6H,(H,12,13);1-5H. The molecule has 0 bridgehead atoms. The number of thiazole rings is 1. The molecule has 0 aliphatic rings. The molecule has 1 aromatic carbocycles. The smallest absolute Gasteiger partial charge is 0.158 e. The molecule has 0 unspecified atom stereocenters. The average Bonchev–Trinajstić information content (AvgIpc) is 3.20. The summed E-state index contributed by atoms with van der Waals surface area (Å²) in [4.78, 5) is 14.7. The maximum atomic E-state index is 4.44. The van der Waals surface area contributed by atoms with E-state index in [-0.39, 0.29) is 0 Å². The first kappa shape index (κ1) is 11.7. The molecule has 0 radical (unpaired) electrons. The fourth-order valence-electron chi connectivity index (χ4n) is 1.68. The summed E-state index contributed by atoms with van der Waals surface area (Å²) in [6, 6.07) is 11.9. The van der Waals surface area contributed by atoms with Crippen LogP contribution in [0.15, 0.2) is 59.7 Å². The van der Waals surface area contributed by atoms with Gasteiger partial charge in [0.15, 0.2) is 5.82 Å². The third kappa shape index (κ3) is 2.71. The first-order chi connectivity index (χ1) is 9.43. The second-order valence-electron chi connectivity index (χ2n) is 3.86. The van der Waals surface area contributed by atoms with Crippen molar-refractivity contribution in [2.75, 3.05) is 0 Å². The quantitative estimate of drug-likeness (QED) is 0.553. The van der Waals surface area contributed by atoms with E-state index in [1.54, 1.807) is 11.3 Å². The van der Waals surface area contributed by atoms with Gasteiger partial charge in [-0.25, -0.2) is 9.97 Å². The summed E-state index contributed by atoms with van der Waals surface area (Å²) in [6.45, 7) is 0. The fraction of sp³-hybridized carbons (Fsp3) is 0. The van der Waals surface area contributed by atoms with Crippen molar-refractivity contribution in [3.8, 4) is 11.5 Å². The maximum absolute atomic E-state index is 4.44. The summed E-state index contributed by atoms with van der Waals surface area (Å²) in [6.07, 6.45) is 3.75. The SMILES string of the molecule is c1cc[nH]c1.c1ccc2[nH]c(-c3cscn3)nc2c1. The largest absolute Gasteiger partial charge is 0.368 e. The van der Waals surface area contributed by atoms with Crippen LogP contribution in [0.3, 0.4) is 0 Å². The number of hydrogen-bond donors (Lipinski definition) is 2. The van der Waals surface area contributed by atoms with Crippen LogP contribution in [0.25, 0.3) is 22.6 Å². The van der Waals surface area contributed by atoms with Crippen molar-refractivity contribution in [3.63, 3.8) is 0 Å². The lowest BCUT2D eigenvalue weighted by Crippen LogP contribution is -1.77. The van der Waals surface area contributed by atoms with E-state index in [1.807, 2.05) is 59.7 Å². The van der Waals surface area contributed by atoms with E-state index in [0.29, 0.717) is 0 Å². The molecule has 4 aromatic rings. The minimum absolute atomic E-state index is 0.840. The number of benzene rings is 1. The van der Waals surface area contributed by atoms with E-state index in [9.17, 15) is 0 Å². The number of hydrogen-bond acceptors (Lipinski definition) is 3. The van der Waals surface area contributed by atoms with Crippen LogP contribution in [-0.4, -0.2) is 19.9 Å². The van der Waals surface area contributed by atoms with Crippen molar-refractivity contribution in [2.45, 2.75) is 0 Å². The van der Waals surface area contributed by atoms with Crippen LogP contribution >= 0.6 is 11.3 Å². The molecule has 5 heteroatoms. The van der Waals surface area contributed by atoms with Gasteiger partial charge in [0.05, 0.1) is 16.5 Å². The molecule has 0 saturated heterocycles. The van der Waals surface area contributed by atoms with Gasteiger partial charge < -0.3 is 9.97 Å². The van der Waals surface area contributed by atoms with Crippen LogP contribution in [-0.2, 0) is 0 Å². The number of rotatable bonds is 1. The Balaban J connectivity index is 0.000000187. The van der Waals surface area contributed by atoms with Crippen molar-refractivity contribution in [1.82, 2.24) is 19.9 Å². The summed E-state index contributed by atoms with van der Waals surface area (Å²) in [5, 5.41) is 1.98. The van der Waals surface area contributed by atoms with Gasteiger partial charge in [-0.1, -0.05) is 12.1 Å². The Hall–Kier alpha value is -2.40. The van der Waals surface area contributed by atoms with Crippen LogP contribution in [0.5, 0.6) is 0 Å². The number of nitrogens with zero attached hydrogens (tertiary/aromatic N) is 2. The zero-order valence-corrected chi connectivity index (χ0v) is 10.9. The molecule has 4 nitrogen and oxygen atoms in total. The second kappa shape index (κ2) is 5.49. The molecule has 3 aromatic heterocycles. The van der Waals surface area contributed by atoms with Gasteiger partial charge in [0.2, 0.25) is 0 Å². The number of aromatic nitrogens is 4. The Kier molecular flexibility index (Phi) is 3.38. The Morgan fingerprint density at radius 2 is 1.84 bits per heavy atom. The van der Waals surface area contributed by atoms with E-state index in [2.05, 4.69) is 19.9 Å². The van der Waals surface area contributed by atoms with Crippen molar-refractivity contribution in [1.29, 1.82) is 0 Å². The number of fused-ring (bicyclic) bond motifs is 1. The summed E-state index contributed by atoms with van der Waals surface area (Å²) in [5.74, 6) is 0.840. The van der Waals surface area contributed by atoms with Crippen LogP contribution in [0.2, 0.25) is 0 Å². The molecule has 0 spiro atoms. The lowest BCUT2D eigenvalue weighted by Gasteiger charge is -1.84.